The first kappa shape index (κ1) is 16.9. The number of carbonyl (C=O) groups is 2. The highest BCUT2D eigenvalue weighted by atomic mass is 32.1. The monoisotopic (exact) mass is 345 g/mol. The van der Waals surface area contributed by atoms with Gasteiger partial charge in [-0.15, -0.1) is 0 Å². The van der Waals surface area contributed by atoms with E-state index >= 15 is 0 Å². The Morgan fingerprint density at radius 1 is 1.25 bits per heavy atom. The Kier molecular flexibility index (Phi) is 5.14. The molecular weight excluding hydrogens is 322 g/mol. The topological polar surface area (TPSA) is 71.1 Å². The SMILES string of the molecule is CC(C)C(=O)Nc1nc2cc(NC(=O)CC3CCCC3)ccc2s1. The normalized spacial score (nSPS) is 15.1. The fraction of sp³-hybridized carbons (Fsp3) is 0.500. The van der Waals surface area contributed by atoms with Gasteiger partial charge in [-0.25, -0.2) is 4.98 Å². The van der Waals surface area contributed by atoms with Crippen LogP contribution in [0.25, 0.3) is 10.2 Å². The van der Waals surface area contributed by atoms with Gasteiger partial charge in [0, 0.05) is 18.0 Å². The van der Waals surface area contributed by atoms with E-state index in [0.29, 0.717) is 17.5 Å². The van der Waals surface area contributed by atoms with Crippen LogP contribution in [0.5, 0.6) is 0 Å². The molecule has 0 saturated heterocycles. The Balaban J connectivity index is 1.66. The van der Waals surface area contributed by atoms with Crippen LogP contribution in [0.2, 0.25) is 0 Å². The summed E-state index contributed by atoms with van der Waals surface area (Å²) in [5.74, 6) is 0.484. The van der Waals surface area contributed by atoms with Crippen molar-refractivity contribution in [1.29, 1.82) is 0 Å². The maximum Gasteiger partial charge on any atom is 0.228 e. The van der Waals surface area contributed by atoms with Crippen molar-refractivity contribution in [3.63, 3.8) is 0 Å². The van der Waals surface area contributed by atoms with Gasteiger partial charge in [0.15, 0.2) is 5.13 Å². The van der Waals surface area contributed by atoms with Gasteiger partial charge in [0.1, 0.15) is 0 Å². The molecule has 0 radical (unpaired) electrons. The Morgan fingerprint density at radius 2 is 2.00 bits per heavy atom. The van der Waals surface area contributed by atoms with Gasteiger partial charge in [-0.3, -0.25) is 9.59 Å². The summed E-state index contributed by atoms with van der Waals surface area (Å²) in [5, 5.41) is 6.38. The first-order valence-corrected chi connectivity index (χ1v) is 9.34. The molecule has 6 heteroatoms. The van der Waals surface area contributed by atoms with Crippen LogP contribution in [0.4, 0.5) is 10.8 Å². The Hall–Kier alpha value is -1.95. The third-order valence-electron chi connectivity index (χ3n) is 4.37. The smallest absolute Gasteiger partial charge is 0.228 e. The molecule has 0 spiro atoms. The number of nitrogens with zero attached hydrogens (tertiary/aromatic N) is 1. The Bertz CT molecular complexity index is 748. The second-order valence-electron chi connectivity index (χ2n) is 6.75. The van der Waals surface area contributed by atoms with Crippen LogP contribution in [0, 0.1) is 11.8 Å². The number of hydrogen-bond donors (Lipinski definition) is 2. The lowest BCUT2D eigenvalue weighted by Crippen LogP contribution is -2.17. The molecule has 1 aliphatic rings. The molecule has 2 aromatic rings. The predicted molar refractivity (Wildman–Crippen MR) is 98.3 cm³/mol. The molecule has 1 heterocycles. The Labute approximate surface area is 145 Å². The molecule has 0 aliphatic heterocycles. The van der Waals surface area contributed by atoms with E-state index in [1.165, 1.54) is 24.2 Å². The largest absolute Gasteiger partial charge is 0.326 e. The number of benzene rings is 1. The molecule has 0 unspecified atom stereocenters. The molecule has 3 rings (SSSR count). The first-order chi connectivity index (χ1) is 11.5. The van der Waals surface area contributed by atoms with Gasteiger partial charge in [0.25, 0.3) is 0 Å². The highest BCUT2D eigenvalue weighted by Crippen LogP contribution is 2.30. The summed E-state index contributed by atoms with van der Waals surface area (Å²) >= 11 is 1.44. The van der Waals surface area contributed by atoms with Crippen molar-refractivity contribution in [1.82, 2.24) is 4.98 Å². The molecule has 1 aromatic heterocycles. The number of thiazole rings is 1. The number of nitrogens with one attached hydrogen (secondary N) is 2. The Morgan fingerprint density at radius 3 is 2.71 bits per heavy atom. The number of amides is 2. The summed E-state index contributed by atoms with van der Waals surface area (Å²) in [6.07, 6.45) is 5.42. The molecule has 5 nitrogen and oxygen atoms in total. The standard InChI is InChI=1S/C18H23N3O2S/c1-11(2)17(23)21-18-20-14-10-13(7-8-15(14)24-18)19-16(22)9-12-5-3-4-6-12/h7-8,10-12H,3-6,9H2,1-2H3,(H,19,22)(H,20,21,23). The van der Waals surface area contributed by atoms with E-state index < -0.39 is 0 Å². The van der Waals surface area contributed by atoms with E-state index in [-0.39, 0.29) is 17.7 Å². The zero-order chi connectivity index (χ0) is 17.1. The average Bonchev–Trinajstić information content (AvgIpc) is 3.15. The van der Waals surface area contributed by atoms with Crippen molar-refractivity contribution >= 4 is 44.2 Å². The molecule has 1 aromatic carbocycles. The fourth-order valence-corrected chi connectivity index (χ4v) is 3.85. The quantitative estimate of drug-likeness (QED) is 0.843. The molecule has 128 valence electrons. The highest BCUT2D eigenvalue weighted by Gasteiger charge is 2.18. The number of hydrogen-bond acceptors (Lipinski definition) is 4. The van der Waals surface area contributed by atoms with Crippen LogP contribution in [0.15, 0.2) is 18.2 Å². The zero-order valence-electron chi connectivity index (χ0n) is 14.1. The van der Waals surface area contributed by atoms with E-state index in [4.69, 9.17) is 0 Å². The lowest BCUT2D eigenvalue weighted by molar-refractivity contribution is -0.119. The van der Waals surface area contributed by atoms with Crippen molar-refractivity contribution < 1.29 is 9.59 Å². The van der Waals surface area contributed by atoms with E-state index in [2.05, 4.69) is 15.6 Å². The van der Waals surface area contributed by atoms with Gasteiger partial charge in [0.2, 0.25) is 11.8 Å². The predicted octanol–water partition coefficient (Wildman–Crippen LogP) is 4.41. The lowest BCUT2D eigenvalue weighted by atomic mass is 10.0. The number of fused-ring (bicyclic) bond motifs is 1. The lowest BCUT2D eigenvalue weighted by Gasteiger charge is -2.09. The number of anilines is 2. The van der Waals surface area contributed by atoms with Crippen molar-refractivity contribution in [2.75, 3.05) is 10.6 Å². The molecule has 1 fully saturated rings. The van der Waals surface area contributed by atoms with Crippen LogP contribution in [0.1, 0.15) is 46.0 Å². The van der Waals surface area contributed by atoms with Crippen LogP contribution >= 0.6 is 11.3 Å². The van der Waals surface area contributed by atoms with Crippen LogP contribution in [-0.2, 0) is 9.59 Å². The van der Waals surface area contributed by atoms with Gasteiger partial charge in [-0.05, 0) is 37.0 Å². The maximum atomic E-state index is 12.1. The molecule has 1 aliphatic carbocycles. The molecule has 24 heavy (non-hydrogen) atoms. The fourth-order valence-electron chi connectivity index (χ4n) is 3.00. The number of aromatic nitrogens is 1. The summed E-state index contributed by atoms with van der Waals surface area (Å²) in [4.78, 5) is 28.4. The first-order valence-electron chi connectivity index (χ1n) is 8.52. The van der Waals surface area contributed by atoms with E-state index in [9.17, 15) is 9.59 Å². The van der Waals surface area contributed by atoms with Gasteiger partial charge in [-0.2, -0.15) is 0 Å². The minimum atomic E-state index is -0.0811. The van der Waals surface area contributed by atoms with Gasteiger partial charge < -0.3 is 10.6 Å². The van der Waals surface area contributed by atoms with Gasteiger partial charge >= 0.3 is 0 Å². The maximum absolute atomic E-state index is 12.1. The second-order valence-corrected chi connectivity index (χ2v) is 7.78. The van der Waals surface area contributed by atoms with E-state index in [1.54, 1.807) is 0 Å². The minimum Gasteiger partial charge on any atom is -0.326 e. The van der Waals surface area contributed by atoms with Crippen molar-refractivity contribution in [2.45, 2.75) is 46.0 Å². The minimum absolute atomic E-state index is 0.0425. The zero-order valence-corrected chi connectivity index (χ0v) is 14.9. The van der Waals surface area contributed by atoms with Crippen molar-refractivity contribution in [3.05, 3.63) is 18.2 Å². The summed E-state index contributed by atoms with van der Waals surface area (Å²) < 4.78 is 0.989. The third-order valence-corrected chi connectivity index (χ3v) is 5.33. The third kappa shape index (κ3) is 4.12. The van der Waals surface area contributed by atoms with E-state index in [1.807, 2.05) is 32.0 Å². The van der Waals surface area contributed by atoms with E-state index in [0.717, 1.165) is 28.7 Å². The number of rotatable bonds is 5. The van der Waals surface area contributed by atoms with Crippen molar-refractivity contribution in [2.24, 2.45) is 11.8 Å². The molecule has 0 bridgehead atoms. The van der Waals surface area contributed by atoms with Crippen LogP contribution in [-0.4, -0.2) is 16.8 Å². The number of carbonyl (C=O) groups excluding carboxylic acids is 2. The summed E-state index contributed by atoms with van der Waals surface area (Å²) in [5.41, 5.74) is 1.55. The van der Waals surface area contributed by atoms with Gasteiger partial charge in [-0.1, -0.05) is 38.0 Å². The summed E-state index contributed by atoms with van der Waals surface area (Å²) in [6, 6.07) is 5.69. The molecule has 2 amide bonds. The summed E-state index contributed by atoms with van der Waals surface area (Å²) in [7, 11) is 0. The second kappa shape index (κ2) is 7.30. The molecule has 0 atom stereocenters. The molecule has 1 saturated carbocycles. The van der Waals surface area contributed by atoms with Gasteiger partial charge in [0.05, 0.1) is 10.2 Å². The average molecular weight is 345 g/mol. The molecule has 2 N–H and O–H groups in total. The van der Waals surface area contributed by atoms with Crippen LogP contribution < -0.4 is 10.6 Å². The summed E-state index contributed by atoms with van der Waals surface area (Å²) in [6.45, 7) is 3.70. The van der Waals surface area contributed by atoms with Crippen molar-refractivity contribution in [3.8, 4) is 0 Å². The molecular formula is C18H23N3O2S. The van der Waals surface area contributed by atoms with Crippen LogP contribution in [0.3, 0.4) is 0 Å². The highest BCUT2D eigenvalue weighted by molar-refractivity contribution is 7.22.